The van der Waals surface area contributed by atoms with Crippen LogP contribution in [0.15, 0.2) is 83.1 Å². The minimum atomic E-state index is -0.262. The van der Waals surface area contributed by atoms with Crippen LogP contribution in [0.4, 0.5) is 0 Å². The van der Waals surface area contributed by atoms with Crippen LogP contribution in [0.3, 0.4) is 0 Å². The fourth-order valence-corrected chi connectivity index (χ4v) is 4.77. The van der Waals surface area contributed by atoms with Crippen molar-refractivity contribution in [3.8, 4) is 22.8 Å². The van der Waals surface area contributed by atoms with Crippen molar-refractivity contribution in [2.45, 2.75) is 38.3 Å². The molecule has 0 radical (unpaired) electrons. The van der Waals surface area contributed by atoms with Crippen LogP contribution < -0.4 is 10.2 Å². The molecule has 0 aliphatic carbocycles. The summed E-state index contributed by atoms with van der Waals surface area (Å²) in [6, 6.07) is 23.3. The van der Waals surface area contributed by atoms with Crippen molar-refractivity contribution >= 4 is 35.0 Å². The van der Waals surface area contributed by atoms with Gasteiger partial charge in [0.25, 0.3) is 5.91 Å². The molecule has 0 spiro atoms. The largest absolute Gasteiger partial charge is 0.497 e. The van der Waals surface area contributed by atoms with E-state index in [1.54, 1.807) is 20.1 Å². The van der Waals surface area contributed by atoms with Crippen molar-refractivity contribution in [1.82, 2.24) is 20.2 Å². The van der Waals surface area contributed by atoms with Crippen molar-refractivity contribution < 1.29 is 9.53 Å². The Bertz CT molecular complexity index is 1440. The first kappa shape index (κ1) is 27.4. The summed E-state index contributed by atoms with van der Waals surface area (Å²) in [6.45, 7) is 8.34. The molecule has 0 saturated heterocycles. The number of carbonyl (C=O) groups is 1. The lowest BCUT2D eigenvalue weighted by atomic mass is 9.87. The Hall–Kier alpha value is -3.62. The maximum absolute atomic E-state index is 12.6. The highest BCUT2D eigenvalue weighted by Gasteiger charge is 2.19. The van der Waals surface area contributed by atoms with Gasteiger partial charge in [-0.05, 0) is 48.2 Å². The van der Waals surface area contributed by atoms with Crippen LogP contribution in [0.2, 0.25) is 5.02 Å². The van der Waals surface area contributed by atoms with E-state index in [9.17, 15) is 4.79 Å². The van der Waals surface area contributed by atoms with Gasteiger partial charge < -0.3 is 4.74 Å². The van der Waals surface area contributed by atoms with E-state index in [0.29, 0.717) is 21.7 Å². The maximum atomic E-state index is 12.6. The van der Waals surface area contributed by atoms with E-state index < -0.39 is 0 Å². The molecule has 1 aromatic heterocycles. The van der Waals surface area contributed by atoms with E-state index in [1.165, 1.54) is 17.3 Å². The molecule has 0 aliphatic heterocycles. The highest BCUT2D eigenvalue weighted by molar-refractivity contribution is 7.99. The Labute approximate surface area is 232 Å². The lowest BCUT2D eigenvalue weighted by molar-refractivity contribution is -0.118. The minimum Gasteiger partial charge on any atom is -0.497 e. The predicted molar refractivity (Wildman–Crippen MR) is 155 cm³/mol. The third-order valence-electron chi connectivity index (χ3n) is 5.92. The lowest BCUT2D eigenvalue weighted by Crippen LogP contribution is -2.21. The molecule has 0 fully saturated rings. The number of hydrogen-bond acceptors (Lipinski definition) is 6. The summed E-state index contributed by atoms with van der Waals surface area (Å²) in [6.07, 6.45) is 0. The number of hydrazone groups is 1. The van der Waals surface area contributed by atoms with Gasteiger partial charge in [-0.2, -0.15) is 5.10 Å². The van der Waals surface area contributed by atoms with E-state index in [1.807, 2.05) is 47.0 Å². The van der Waals surface area contributed by atoms with E-state index in [2.05, 4.69) is 65.8 Å². The van der Waals surface area contributed by atoms with Gasteiger partial charge in [0.05, 0.1) is 18.6 Å². The van der Waals surface area contributed by atoms with Gasteiger partial charge in [0.2, 0.25) is 0 Å². The quantitative estimate of drug-likeness (QED) is 0.154. The number of halogens is 1. The smallest absolute Gasteiger partial charge is 0.250 e. The van der Waals surface area contributed by atoms with Gasteiger partial charge in [-0.25, -0.2) is 5.43 Å². The van der Waals surface area contributed by atoms with Crippen LogP contribution in [-0.4, -0.2) is 39.2 Å². The van der Waals surface area contributed by atoms with Crippen LogP contribution >= 0.6 is 23.4 Å². The number of nitrogens with one attached hydrogen (secondary N) is 1. The molecule has 9 heteroatoms. The Morgan fingerprint density at radius 2 is 1.71 bits per heavy atom. The average molecular weight is 548 g/mol. The van der Waals surface area contributed by atoms with Gasteiger partial charge in [-0.1, -0.05) is 86.6 Å². The Morgan fingerprint density at radius 3 is 2.34 bits per heavy atom. The lowest BCUT2D eigenvalue weighted by Gasteiger charge is -2.19. The molecule has 1 heterocycles. The molecule has 1 N–H and O–H groups in total. The number of hydrogen-bond donors (Lipinski definition) is 1. The van der Waals surface area contributed by atoms with Gasteiger partial charge in [-0.15, -0.1) is 10.2 Å². The molecule has 4 aromatic rings. The second-order valence-electron chi connectivity index (χ2n) is 9.67. The van der Waals surface area contributed by atoms with Crippen LogP contribution in [-0.2, 0) is 10.2 Å². The van der Waals surface area contributed by atoms with Crippen molar-refractivity contribution in [2.75, 3.05) is 12.9 Å². The van der Waals surface area contributed by atoms with E-state index in [-0.39, 0.29) is 17.1 Å². The fraction of sp³-hybridized carbons (Fsp3) is 0.241. The molecule has 3 aromatic carbocycles. The van der Waals surface area contributed by atoms with Crippen molar-refractivity contribution in [3.63, 3.8) is 0 Å². The Balaban J connectivity index is 1.57. The zero-order chi connectivity index (χ0) is 27.3. The molecule has 4 rings (SSSR count). The topological polar surface area (TPSA) is 81.4 Å². The molecular formula is C29H30ClN5O2S. The molecule has 7 nitrogen and oxygen atoms in total. The molecule has 1 amide bonds. The summed E-state index contributed by atoms with van der Waals surface area (Å²) < 4.78 is 7.27. The van der Waals surface area contributed by atoms with E-state index in [4.69, 9.17) is 16.3 Å². The summed E-state index contributed by atoms with van der Waals surface area (Å²) in [4.78, 5) is 12.6. The minimum absolute atomic E-state index is 0.0449. The molecule has 0 aliphatic rings. The number of benzene rings is 3. The zero-order valence-corrected chi connectivity index (χ0v) is 23.6. The third-order valence-corrected chi connectivity index (χ3v) is 7.18. The molecule has 0 saturated carbocycles. The number of carbonyl (C=O) groups excluding carboxylic acids is 1. The molecule has 0 atom stereocenters. The average Bonchev–Trinajstić information content (AvgIpc) is 3.34. The molecule has 38 heavy (non-hydrogen) atoms. The standard InChI is InChI=1S/C29H30ClN5O2S/c1-19(24-8-6-7-9-25(24)30)31-32-26(36)18-38-28-34-33-27(20-10-12-21(13-11-20)29(2,3)4)35(28)22-14-16-23(37-5)17-15-22/h6-17H,18H2,1-5H3,(H,32,36)/b31-19+. The summed E-state index contributed by atoms with van der Waals surface area (Å²) in [7, 11) is 1.63. The van der Waals surface area contributed by atoms with Crippen LogP contribution in [0.25, 0.3) is 17.1 Å². The molecular weight excluding hydrogens is 518 g/mol. The third kappa shape index (κ3) is 6.44. The van der Waals surface area contributed by atoms with Gasteiger partial charge >= 0.3 is 0 Å². The number of aromatic nitrogens is 3. The van der Waals surface area contributed by atoms with E-state index >= 15 is 0 Å². The number of thioether (sulfide) groups is 1. The summed E-state index contributed by atoms with van der Waals surface area (Å²) >= 11 is 7.51. The van der Waals surface area contributed by atoms with Gasteiger partial charge in [0.15, 0.2) is 11.0 Å². The number of ether oxygens (including phenoxy) is 1. The Morgan fingerprint density at radius 1 is 1.03 bits per heavy atom. The molecule has 0 bridgehead atoms. The highest BCUT2D eigenvalue weighted by atomic mass is 35.5. The van der Waals surface area contributed by atoms with Gasteiger partial charge in [0.1, 0.15) is 5.75 Å². The first-order valence-corrected chi connectivity index (χ1v) is 13.5. The number of nitrogens with zero attached hydrogens (tertiary/aromatic N) is 4. The van der Waals surface area contributed by atoms with E-state index in [0.717, 1.165) is 22.6 Å². The predicted octanol–water partition coefficient (Wildman–Crippen LogP) is 6.53. The van der Waals surface area contributed by atoms with Crippen LogP contribution in [0.5, 0.6) is 5.75 Å². The number of amides is 1. The van der Waals surface area contributed by atoms with Crippen LogP contribution in [0, 0.1) is 0 Å². The second-order valence-corrected chi connectivity index (χ2v) is 11.0. The maximum Gasteiger partial charge on any atom is 0.250 e. The van der Waals surface area contributed by atoms with Crippen molar-refractivity contribution in [1.29, 1.82) is 0 Å². The first-order valence-electron chi connectivity index (χ1n) is 12.1. The Kier molecular flexibility index (Phi) is 8.54. The number of rotatable bonds is 8. The van der Waals surface area contributed by atoms with Crippen molar-refractivity contribution in [2.24, 2.45) is 5.10 Å². The van der Waals surface area contributed by atoms with Gasteiger partial charge in [0, 0.05) is 21.8 Å². The number of methoxy groups -OCH3 is 1. The fourth-order valence-electron chi connectivity index (χ4n) is 3.76. The summed E-state index contributed by atoms with van der Waals surface area (Å²) in [5, 5.41) is 14.3. The summed E-state index contributed by atoms with van der Waals surface area (Å²) in [5.41, 5.74) is 7.06. The first-order chi connectivity index (χ1) is 18.2. The van der Waals surface area contributed by atoms with Gasteiger partial charge in [-0.3, -0.25) is 9.36 Å². The molecule has 196 valence electrons. The molecule has 0 unspecified atom stereocenters. The monoisotopic (exact) mass is 547 g/mol. The zero-order valence-electron chi connectivity index (χ0n) is 22.0. The normalized spacial score (nSPS) is 11.9. The SMILES string of the molecule is COc1ccc(-n2c(SCC(=O)N/N=C(\C)c3ccccc3Cl)nnc2-c2ccc(C(C)(C)C)cc2)cc1. The highest BCUT2D eigenvalue weighted by Crippen LogP contribution is 2.30. The van der Waals surface area contributed by atoms with Crippen molar-refractivity contribution in [3.05, 3.63) is 88.9 Å². The second kappa shape index (κ2) is 11.8. The summed E-state index contributed by atoms with van der Waals surface area (Å²) in [5.74, 6) is 1.28. The van der Waals surface area contributed by atoms with Crippen LogP contribution in [0.1, 0.15) is 38.8 Å².